The van der Waals surface area contributed by atoms with Crippen molar-refractivity contribution in [2.75, 3.05) is 13.2 Å². The van der Waals surface area contributed by atoms with Crippen molar-refractivity contribution >= 4 is 29.3 Å². The zero-order valence-corrected chi connectivity index (χ0v) is 17.1. The Hall–Kier alpha value is -2.42. The van der Waals surface area contributed by atoms with E-state index in [-0.39, 0.29) is 12.1 Å². The van der Waals surface area contributed by atoms with Crippen LogP contribution in [0.15, 0.2) is 41.6 Å². The maximum Gasteiger partial charge on any atom is 0.328 e. The fourth-order valence-corrected chi connectivity index (χ4v) is 1.92. The number of aliphatic hydroxyl groups is 1. The number of hydrogen-bond donors (Lipinski definition) is 4. The first-order valence-electron chi connectivity index (χ1n) is 8.41. The molecule has 0 spiro atoms. The standard InChI is InChI=1S/C15H23ClN2O2.C4H4O4/c1-11(13-7-5-6-8-14(13)16)18-20-10-12(19)9-17-15(2,3)4;5-3(6)1-2-4(7)8/h5-8,12,17,19H,9-10H2,1-4H3;1-2H,(H,5,6)(H,7,8)/b18-11+;2-1-. The molecule has 0 saturated carbocycles. The van der Waals surface area contributed by atoms with Gasteiger partial charge in [-0.2, -0.15) is 0 Å². The second-order valence-electron chi connectivity index (χ2n) is 6.75. The average Bonchev–Trinajstić information content (AvgIpc) is 2.58. The number of carboxylic acids is 2. The van der Waals surface area contributed by atoms with Crippen LogP contribution in [0.25, 0.3) is 0 Å². The lowest BCUT2D eigenvalue weighted by atomic mass is 10.1. The molecule has 28 heavy (non-hydrogen) atoms. The minimum absolute atomic E-state index is 0.0300. The van der Waals surface area contributed by atoms with Gasteiger partial charge in [-0.15, -0.1) is 0 Å². The first-order valence-corrected chi connectivity index (χ1v) is 8.78. The van der Waals surface area contributed by atoms with Crippen molar-refractivity contribution < 1.29 is 29.7 Å². The summed E-state index contributed by atoms with van der Waals surface area (Å²) in [6.07, 6.45) is 0.516. The van der Waals surface area contributed by atoms with Crippen molar-refractivity contribution in [1.29, 1.82) is 0 Å². The number of halogens is 1. The predicted octanol–water partition coefficient (Wildman–Crippen LogP) is 2.54. The Morgan fingerprint density at radius 1 is 1.21 bits per heavy atom. The van der Waals surface area contributed by atoms with Gasteiger partial charge in [-0.05, 0) is 33.8 Å². The molecule has 8 nitrogen and oxygen atoms in total. The SMILES string of the molecule is C/C(=N\OCC(O)CNC(C)(C)C)c1ccccc1Cl.O=C(O)/C=C\C(=O)O. The summed E-state index contributed by atoms with van der Waals surface area (Å²) in [6.45, 7) is 8.55. The highest BCUT2D eigenvalue weighted by molar-refractivity contribution is 6.34. The Bertz CT molecular complexity index is 682. The van der Waals surface area contributed by atoms with Gasteiger partial charge in [0.15, 0.2) is 0 Å². The van der Waals surface area contributed by atoms with E-state index in [9.17, 15) is 14.7 Å². The fourth-order valence-electron chi connectivity index (χ4n) is 1.65. The van der Waals surface area contributed by atoms with E-state index in [0.29, 0.717) is 29.4 Å². The summed E-state index contributed by atoms with van der Waals surface area (Å²) < 4.78 is 0. The van der Waals surface area contributed by atoms with Crippen molar-refractivity contribution in [2.45, 2.75) is 39.3 Å². The molecule has 1 aromatic rings. The lowest BCUT2D eigenvalue weighted by Gasteiger charge is -2.22. The summed E-state index contributed by atoms with van der Waals surface area (Å²) in [4.78, 5) is 24.3. The molecular formula is C19H27ClN2O6. The zero-order chi connectivity index (χ0) is 21.7. The van der Waals surface area contributed by atoms with E-state index in [1.165, 1.54) is 0 Å². The molecule has 1 atom stereocenters. The summed E-state index contributed by atoms with van der Waals surface area (Å²) in [5.41, 5.74) is 1.49. The van der Waals surface area contributed by atoms with Crippen molar-refractivity contribution in [3.8, 4) is 0 Å². The minimum atomic E-state index is -1.26. The molecule has 156 valence electrons. The third-order valence-electron chi connectivity index (χ3n) is 2.97. The Kier molecular flexibility index (Phi) is 11.8. The molecule has 0 heterocycles. The van der Waals surface area contributed by atoms with Gasteiger partial charge in [0.1, 0.15) is 12.7 Å². The van der Waals surface area contributed by atoms with E-state index < -0.39 is 18.0 Å². The van der Waals surface area contributed by atoms with E-state index in [0.717, 1.165) is 5.56 Å². The highest BCUT2D eigenvalue weighted by atomic mass is 35.5. The lowest BCUT2D eigenvalue weighted by molar-refractivity contribution is -0.134. The molecule has 0 bridgehead atoms. The topological polar surface area (TPSA) is 128 Å². The Morgan fingerprint density at radius 2 is 1.75 bits per heavy atom. The molecule has 4 N–H and O–H groups in total. The van der Waals surface area contributed by atoms with Gasteiger partial charge in [-0.3, -0.25) is 0 Å². The molecule has 0 amide bonds. The highest BCUT2D eigenvalue weighted by Gasteiger charge is 2.12. The number of oxime groups is 1. The van der Waals surface area contributed by atoms with Crippen LogP contribution in [0.2, 0.25) is 5.02 Å². The van der Waals surface area contributed by atoms with Crippen molar-refractivity contribution in [3.63, 3.8) is 0 Å². The van der Waals surface area contributed by atoms with Crippen LogP contribution in [0, 0.1) is 0 Å². The molecule has 0 aliphatic heterocycles. The lowest BCUT2D eigenvalue weighted by Crippen LogP contribution is -2.42. The number of aliphatic carboxylic acids is 2. The molecule has 0 saturated heterocycles. The van der Waals surface area contributed by atoms with Gasteiger partial charge in [0.25, 0.3) is 0 Å². The average molecular weight is 415 g/mol. The summed E-state index contributed by atoms with van der Waals surface area (Å²) >= 11 is 6.06. The van der Waals surface area contributed by atoms with Crippen LogP contribution in [-0.4, -0.2) is 57.8 Å². The molecular weight excluding hydrogens is 388 g/mol. The van der Waals surface area contributed by atoms with Gasteiger partial charge < -0.3 is 25.5 Å². The van der Waals surface area contributed by atoms with Gasteiger partial charge in [-0.25, -0.2) is 9.59 Å². The minimum Gasteiger partial charge on any atom is -0.478 e. The number of benzene rings is 1. The first kappa shape index (κ1) is 25.6. The second kappa shape index (κ2) is 12.9. The number of carboxylic acid groups (broad SMARTS) is 2. The van der Waals surface area contributed by atoms with Crippen LogP contribution in [0.3, 0.4) is 0 Å². The molecule has 1 rings (SSSR count). The van der Waals surface area contributed by atoms with Crippen molar-refractivity contribution in [2.24, 2.45) is 5.16 Å². The molecule has 0 aliphatic carbocycles. The van der Waals surface area contributed by atoms with E-state index in [1.54, 1.807) is 6.07 Å². The van der Waals surface area contributed by atoms with Gasteiger partial charge in [0.05, 0.1) is 5.71 Å². The molecule has 9 heteroatoms. The number of rotatable bonds is 8. The first-order chi connectivity index (χ1) is 12.9. The monoisotopic (exact) mass is 414 g/mol. The fraction of sp³-hybridized carbons (Fsp3) is 0.421. The summed E-state index contributed by atoms with van der Waals surface area (Å²) in [6, 6.07) is 7.43. The number of β-amino-alcohol motifs (C(OH)–C–C–N with tert-alkyl or cyclic N) is 1. The van der Waals surface area contributed by atoms with Crippen LogP contribution in [0.4, 0.5) is 0 Å². The molecule has 1 aromatic carbocycles. The number of aliphatic hydroxyl groups excluding tert-OH is 1. The summed E-state index contributed by atoms with van der Waals surface area (Å²) in [7, 11) is 0. The molecule has 0 radical (unpaired) electrons. The smallest absolute Gasteiger partial charge is 0.328 e. The predicted molar refractivity (Wildman–Crippen MR) is 108 cm³/mol. The quantitative estimate of drug-likeness (QED) is 0.292. The van der Waals surface area contributed by atoms with Gasteiger partial charge >= 0.3 is 11.9 Å². The van der Waals surface area contributed by atoms with Crippen molar-refractivity contribution in [1.82, 2.24) is 5.32 Å². The third-order valence-corrected chi connectivity index (χ3v) is 3.30. The van der Waals surface area contributed by atoms with Crippen LogP contribution in [0.1, 0.15) is 33.3 Å². The van der Waals surface area contributed by atoms with Crippen LogP contribution >= 0.6 is 11.6 Å². The van der Waals surface area contributed by atoms with Gasteiger partial charge in [0.2, 0.25) is 0 Å². The Balaban J connectivity index is 0.000000769. The number of nitrogens with one attached hydrogen (secondary N) is 1. The summed E-state index contributed by atoms with van der Waals surface area (Å²) in [5.74, 6) is -2.51. The van der Waals surface area contributed by atoms with E-state index in [1.807, 2.05) is 45.9 Å². The number of hydrogen-bond acceptors (Lipinski definition) is 6. The largest absolute Gasteiger partial charge is 0.478 e. The Morgan fingerprint density at radius 3 is 2.21 bits per heavy atom. The zero-order valence-electron chi connectivity index (χ0n) is 16.3. The van der Waals surface area contributed by atoms with Crippen LogP contribution in [0.5, 0.6) is 0 Å². The molecule has 0 fully saturated rings. The molecule has 1 unspecified atom stereocenters. The molecule has 0 aliphatic rings. The van der Waals surface area contributed by atoms with Crippen LogP contribution < -0.4 is 5.32 Å². The normalized spacial score (nSPS) is 12.9. The second-order valence-corrected chi connectivity index (χ2v) is 7.15. The van der Waals surface area contributed by atoms with Gasteiger partial charge in [0, 0.05) is 34.8 Å². The maximum atomic E-state index is 9.77. The van der Waals surface area contributed by atoms with E-state index in [2.05, 4.69) is 10.5 Å². The number of carbonyl (C=O) groups is 2. The third kappa shape index (κ3) is 13.7. The van der Waals surface area contributed by atoms with E-state index >= 15 is 0 Å². The summed E-state index contributed by atoms with van der Waals surface area (Å²) in [5, 5.41) is 33.2. The Labute approximate surface area is 169 Å². The van der Waals surface area contributed by atoms with Crippen molar-refractivity contribution in [3.05, 3.63) is 47.0 Å². The molecule has 0 aromatic heterocycles. The van der Waals surface area contributed by atoms with Crippen LogP contribution in [-0.2, 0) is 14.4 Å². The maximum absolute atomic E-state index is 9.77. The van der Waals surface area contributed by atoms with Gasteiger partial charge in [-0.1, -0.05) is 35.0 Å². The highest BCUT2D eigenvalue weighted by Crippen LogP contribution is 2.15. The number of nitrogens with zero attached hydrogens (tertiary/aromatic N) is 1. The van der Waals surface area contributed by atoms with E-state index in [4.69, 9.17) is 26.7 Å².